The summed E-state index contributed by atoms with van der Waals surface area (Å²) in [5, 5.41) is 15.0. The maximum Gasteiger partial charge on any atom is 0.191 e. The van der Waals surface area contributed by atoms with Crippen molar-refractivity contribution in [2.24, 2.45) is 4.99 Å². The number of aromatic nitrogens is 3. The molecule has 0 saturated heterocycles. The fourth-order valence-electron chi connectivity index (χ4n) is 2.59. The van der Waals surface area contributed by atoms with Crippen LogP contribution in [0.25, 0.3) is 5.65 Å². The summed E-state index contributed by atoms with van der Waals surface area (Å²) in [5.74, 6) is 1.64. The molecule has 0 fully saturated rings. The molecule has 0 aliphatic rings. The van der Waals surface area contributed by atoms with E-state index in [2.05, 4.69) is 58.4 Å². The summed E-state index contributed by atoms with van der Waals surface area (Å²) in [7, 11) is 0. The molecule has 0 spiro atoms. The van der Waals surface area contributed by atoms with Crippen LogP contribution in [0, 0.1) is 0 Å². The monoisotopic (exact) mass is 331 g/mol. The smallest absolute Gasteiger partial charge is 0.191 e. The molecule has 24 heavy (non-hydrogen) atoms. The molecule has 7 nitrogen and oxygen atoms in total. The van der Waals surface area contributed by atoms with Gasteiger partial charge in [-0.05, 0) is 39.4 Å². The fraction of sp³-hybridized carbons (Fsp3) is 0.588. The van der Waals surface area contributed by atoms with Gasteiger partial charge in [-0.3, -0.25) is 9.30 Å². The molecule has 0 atom stereocenters. The van der Waals surface area contributed by atoms with Gasteiger partial charge in [0.1, 0.15) is 6.54 Å². The number of likely N-dealkylation sites (N-methyl/N-ethyl adjacent to an activating group) is 1. The first-order valence-corrected chi connectivity index (χ1v) is 8.70. The van der Waals surface area contributed by atoms with Gasteiger partial charge in [-0.15, -0.1) is 10.2 Å². The lowest BCUT2D eigenvalue weighted by Crippen LogP contribution is -2.43. The van der Waals surface area contributed by atoms with Crippen LogP contribution in [0.2, 0.25) is 0 Å². The summed E-state index contributed by atoms with van der Waals surface area (Å²) in [6.45, 7) is 12.9. The minimum atomic E-state index is 0.488. The molecule has 7 heteroatoms. The van der Waals surface area contributed by atoms with Crippen molar-refractivity contribution in [3.05, 3.63) is 30.2 Å². The number of fused-ring (bicyclic) bond motifs is 1. The van der Waals surface area contributed by atoms with Gasteiger partial charge in [-0.25, -0.2) is 4.99 Å². The normalized spacial score (nSPS) is 12.3. The van der Waals surface area contributed by atoms with Crippen LogP contribution in [-0.2, 0) is 6.54 Å². The van der Waals surface area contributed by atoms with E-state index in [0.717, 1.165) is 43.6 Å². The van der Waals surface area contributed by atoms with E-state index in [-0.39, 0.29) is 0 Å². The van der Waals surface area contributed by atoms with Crippen molar-refractivity contribution in [1.82, 2.24) is 30.1 Å². The molecule has 0 unspecified atom stereocenters. The predicted molar refractivity (Wildman–Crippen MR) is 98.2 cm³/mol. The van der Waals surface area contributed by atoms with Gasteiger partial charge >= 0.3 is 0 Å². The van der Waals surface area contributed by atoms with Gasteiger partial charge in [-0.1, -0.05) is 13.0 Å². The summed E-state index contributed by atoms with van der Waals surface area (Å²) in [4.78, 5) is 7.05. The summed E-state index contributed by atoms with van der Waals surface area (Å²) in [6.07, 6.45) is 1.96. The van der Waals surface area contributed by atoms with E-state index in [1.807, 2.05) is 28.8 Å². The zero-order valence-electron chi connectivity index (χ0n) is 15.2. The topological polar surface area (TPSA) is 69.8 Å². The lowest BCUT2D eigenvalue weighted by atomic mass is 10.3. The van der Waals surface area contributed by atoms with E-state index in [1.165, 1.54) is 0 Å². The molecular weight excluding hydrogens is 302 g/mol. The number of nitrogens with zero attached hydrogens (tertiary/aromatic N) is 5. The SMILES string of the molecule is CCNC(=NCc1nnc2ccccn12)NCCN(CC)C(C)C. The Morgan fingerprint density at radius 3 is 2.79 bits per heavy atom. The van der Waals surface area contributed by atoms with Gasteiger partial charge in [0, 0.05) is 31.9 Å². The van der Waals surface area contributed by atoms with Gasteiger partial charge in [-0.2, -0.15) is 0 Å². The second-order valence-electron chi connectivity index (χ2n) is 5.89. The second kappa shape index (κ2) is 9.22. The minimum absolute atomic E-state index is 0.488. The molecule has 2 rings (SSSR count). The lowest BCUT2D eigenvalue weighted by molar-refractivity contribution is 0.237. The first kappa shape index (κ1) is 18.2. The number of hydrogen-bond donors (Lipinski definition) is 2. The average molecular weight is 331 g/mol. The highest BCUT2D eigenvalue weighted by atomic mass is 15.3. The molecule has 0 bridgehead atoms. The van der Waals surface area contributed by atoms with E-state index in [9.17, 15) is 0 Å². The molecular formula is C17H29N7. The summed E-state index contributed by atoms with van der Waals surface area (Å²) in [6, 6.07) is 6.42. The summed E-state index contributed by atoms with van der Waals surface area (Å²) >= 11 is 0. The van der Waals surface area contributed by atoms with Crippen molar-refractivity contribution in [1.29, 1.82) is 0 Å². The molecule has 2 heterocycles. The van der Waals surface area contributed by atoms with Crippen LogP contribution in [0.5, 0.6) is 0 Å². The Balaban J connectivity index is 1.95. The van der Waals surface area contributed by atoms with Crippen LogP contribution < -0.4 is 10.6 Å². The number of nitrogens with one attached hydrogen (secondary N) is 2. The van der Waals surface area contributed by atoms with Gasteiger partial charge in [0.05, 0.1) is 0 Å². The quantitative estimate of drug-likeness (QED) is 0.567. The van der Waals surface area contributed by atoms with E-state index < -0.39 is 0 Å². The third kappa shape index (κ3) is 4.92. The molecule has 0 saturated carbocycles. The molecule has 2 N–H and O–H groups in total. The van der Waals surface area contributed by atoms with Crippen molar-refractivity contribution in [3.63, 3.8) is 0 Å². The van der Waals surface area contributed by atoms with Gasteiger partial charge in [0.25, 0.3) is 0 Å². The molecule has 0 aliphatic heterocycles. The van der Waals surface area contributed by atoms with E-state index >= 15 is 0 Å². The van der Waals surface area contributed by atoms with Crippen molar-refractivity contribution in [2.75, 3.05) is 26.2 Å². The van der Waals surface area contributed by atoms with E-state index in [1.54, 1.807) is 0 Å². The Kier molecular flexibility index (Phi) is 6.99. The zero-order valence-corrected chi connectivity index (χ0v) is 15.2. The second-order valence-corrected chi connectivity index (χ2v) is 5.89. The average Bonchev–Trinajstić information content (AvgIpc) is 2.99. The highest BCUT2D eigenvalue weighted by Gasteiger charge is 2.07. The van der Waals surface area contributed by atoms with Gasteiger partial charge in [0.15, 0.2) is 17.4 Å². The predicted octanol–water partition coefficient (Wildman–Crippen LogP) is 1.51. The minimum Gasteiger partial charge on any atom is -0.357 e. The maximum absolute atomic E-state index is 4.63. The number of hydrogen-bond acceptors (Lipinski definition) is 4. The molecule has 132 valence electrons. The Hall–Kier alpha value is -2.15. The van der Waals surface area contributed by atoms with Crippen molar-refractivity contribution in [2.45, 2.75) is 40.3 Å². The molecule has 0 radical (unpaired) electrons. The van der Waals surface area contributed by atoms with Crippen LogP contribution in [0.4, 0.5) is 0 Å². The third-order valence-electron chi connectivity index (χ3n) is 3.94. The number of rotatable bonds is 8. The van der Waals surface area contributed by atoms with E-state index in [0.29, 0.717) is 12.6 Å². The summed E-state index contributed by atoms with van der Waals surface area (Å²) < 4.78 is 1.96. The molecule has 0 amide bonds. The number of aliphatic imine (C=N–C) groups is 1. The highest BCUT2D eigenvalue weighted by molar-refractivity contribution is 5.79. The fourth-order valence-corrected chi connectivity index (χ4v) is 2.59. The maximum atomic E-state index is 4.63. The van der Waals surface area contributed by atoms with Crippen LogP contribution in [0.3, 0.4) is 0 Å². The third-order valence-corrected chi connectivity index (χ3v) is 3.94. The van der Waals surface area contributed by atoms with Gasteiger partial charge < -0.3 is 10.6 Å². The Morgan fingerprint density at radius 1 is 1.25 bits per heavy atom. The largest absolute Gasteiger partial charge is 0.357 e. The van der Waals surface area contributed by atoms with Crippen LogP contribution in [0.15, 0.2) is 29.4 Å². The van der Waals surface area contributed by atoms with Crippen molar-refractivity contribution in [3.8, 4) is 0 Å². The van der Waals surface area contributed by atoms with Crippen LogP contribution in [-0.4, -0.2) is 57.7 Å². The zero-order chi connectivity index (χ0) is 17.4. The number of pyridine rings is 1. The molecule has 0 aliphatic carbocycles. The first-order chi connectivity index (χ1) is 11.7. The first-order valence-electron chi connectivity index (χ1n) is 8.70. The van der Waals surface area contributed by atoms with Crippen molar-refractivity contribution < 1.29 is 0 Å². The number of guanidine groups is 1. The Bertz CT molecular complexity index is 647. The summed E-state index contributed by atoms with van der Waals surface area (Å²) in [5.41, 5.74) is 0.844. The molecule has 0 aromatic carbocycles. The van der Waals surface area contributed by atoms with Crippen molar-refractivity contribution >= 4 is 11.6 Å². The lowest BCUT2D eigenvalue weighted by Gasteiger charge is -2.25. The van der Waals surface area contributed by atoms with Crippen LogP contribution >= 0.6 is 0 Å². The standard InChI is InChI=1S/C17H29N7/c1-5-18-17(19-10-12-23(6-2)14(3)4)20-13-16-22-21-15-9-7-8-11-24(15)16/h7-9,11,14H,5-6,10,12-13H2,1-4H3,(H2,18,19,20). The molecule has 2 aromatic rings. The Labute approximate surface area is 144 Å². The Morgan fingerprint density at radius 2 is 2.08 bits per heavy atom. The molecule has 2 aromatic heterocycles. The van der Waals surface area contributed by atoms with E-state index in [4.69, 9.17) is 0 Å². The van der Waals surface area contributed by atoms with Crippen LogP contribution in [0.1, 0.15) is 33.5 Å². The van der Waals surface area contributed by atoms with Gasteiger partial charge in [0.2, 0.25) is 0 Å². The highest BCUT2D eigenvalue weighted by Crippen LogP contribution is 2.03.